The molecule has 0 saturated carbocycles. The molecule has 1 spiro atoms. The Bertz CT molecular complexity index is 2610. The van der Waals surface area contributed by atoms with Crippen LogP contribution in [0.15, 0.2) is 169 Å². The van der Waals surface area contributed by atoms with Crippen LogP contribution in [0.4, 0.5) is 0 Å². The first kappa shape index (κ1) is 30.4. The minimum absolute atomic E-state index is 0.0881. The second-order valence-corrected chi connectivity index (χ2v) is 15.5. The number of para-hydroxylation sites is 1. The van der Waals surface area contributed by atoms with Crippen molar-refractivity contribution in [2.75, 3.05) is 0 Å². The third-order valence-corrected chi connectivity index (χ3v) is 12.3. The summed E-state index contributed by atoms with van der Waals surface area (Å²) in [5, 5.41) is 3.91. The van der Waals surface area contributed by atoms with Gasteiger partial charge in [0.15, 0.2) is 0 Å². The van der Waals surface area contributed by atoms with Gasteiger partial charge in [0.25, 0.3) is 0 Å². The first-order chi connectivity index (χ1) is 26.0. The normalized spacial score (nSPS) is 20.1. The Morgan fingerprint density at radius 3 is 1.92 bits per heavy atom. The van der Waals surface area contributed by atoms with Crippen LogP contribution in [-0.2, 0) is 10.8 Å². The van der Waals surface area contributed by atoms with E-state index in [0.29, 0.717) is 0 Å². The second-order valence-electron chi connectivity index (χ2n) is 15.5. The summed E-state index contributed by atoms with van der Waals surface area (Å²) >= 11 is 0. The van der Waals surface area contributed by atoms with Gasteiger partial charge in [-0.25, -0.2) is 0 Å². The van der Waals surface area contributed by atoms with Gasteiger partial charge >= 0.3 is 0 Å². The fourth-order valence-corrected chi connectivity index (χ4v) is 9.81. The number of nitrogens with one attached hydrogen (secondary N) is 1. The van der Waals surface area contributed by atoms with Gasteiger partial charge in [0, 0.05) is 33.7 Å². The molecule has 2 heterocycles. The van der Waals surface area contributed by atoms with E-state index >= 15 is 0 Å². The second kappa shape index (κ2) is 11.2. The van der Waals surface area contributed by atoms with E-state index in [1.54, 1.807) is 0 Å². The predicted octanol–water partition coefficient (Wildman–Crippen LogP) is 11.4. The van der Waals surface area contributed by atoms with Gasteiger partial charge in [-0.15, -0.1) is 0 Å². The minimum atomic E-state index is -0.517. The number of ether oxygens (including phenoxy) is 1. The van der Waals surface area contributed by atoms with Crippen LogP contribution in [0.3, 0.4) is 0 Å². The first-order valence-corrected chi connectivity index (χ1v) is 18.8. The molecule has 3 aliphatic carbocycles. The molecule has 254 valence electrons. The summed E-state index contributed by atoms with van der Waals surface area (Å²) in [4.78, 5) is 5.44. The van der Waals surface area contributed by atoms with E-state index in [-0.39, 0.29) is 17.5 Å². The molecule has 1 N–H and O–H groups in total. The molecule has 2 unspecified atom stereocenters. The molecule has 6 aromatic rings. The maximum Gasteiger partial charge on any atom is 0.132 e. The van der Waals surface area contributed by atoms with Crippen LogP contribution in [-0.4, -0.2) is 11.9 Å². The Hall–Kier alpha value is -6.19. The number of rotatable bonds is 3. The van der Waals surface area contributed by atoms with Gasteiger partial charge in [0.2, 0.25) is 0 Å². The summed E-state index contributed by atoms with van der Waals surface area (Å²) < 4.78 is 6.75. The molecule has 6 aromatic carbocycles. The number of benzene rings is 6. The van der Waals surface area contributed by atoms with E-state index < -0.39 is 5.41 Å². The molecule has 2 aliphatic heterocycles. The smallest absolute Gasteiger partial charge is 0.132 e. The van der Waals surface area contributed by atoms with Gasteiger partial charge < -0.3 is 10.1 Å². The Balaban J connectivity index is 1.09. The zero-order chi connectivity index (χ0) is 35.3. The third kappa shape index (κ3) is 4.25. The topological polar surface area (TPSA) is 33.6 Å². The molecule has 11 rings (SSSR count). The van der Waals surface area contributed by atoms with Gasteiger partial charge in [0.05, 0.1) is 11.1 Å². The summed E-state index contributed by atoms with van der Waals surface area (Å²) in [6.45, 7) is 4.69. The number of hydrogen-bond donors (Lipinski definition) is 1. The first-order valence-electron chi connectivity index (χ1n) is 18.8. The summed E-state index contributed by atoms with van der Waals surface area (Å²) in [7, 11) is 0. The summed E-state index contributed by atoms with van der Waals surface area (Å²) in [6.07, 6.45) is 11.9. The average Bonchev–Trinajstić information content (AvgIpc) is 3.64. The number of fused-ring (bicyclic) bond motifs is 12. The third-order valence-electron chi connectivity index (χ3n) is 12.3. The lowest BCUT2D eigenvalue weighted by molar-refractivity contribution is 0.436. The van der Waals surface area contributed by atoms with Crippen molar-refractivity contribution in [3.8, 4) is 33.8 Å². The molecule has 5 aliphatic rings. The van der Waals surface area contributed by atoms with Crippen molar-refractivity contribution in [1.29, 1.82) is 0 Å². The number of hydrogen-bond acceptors (Lipinski definition) is 3. The maximum absolute atomic E-state index is 6.75. The van der Waals surface area contributed by atoms with Crippen molar-refractivity contribution in [1.82, 2.24) is 5.32 Å². The van der Waals surface area contributed by atoms with Gasteiger partial charge in [-0.3, -0.25) is 4.99 Å². The fourth-order valence-electron chi connectivity index (χ4n) is 9.81. The predicted molar refractivity (Wildman–Crippen MR) is 216 cm³/mol. The Morgan fingerprint density at radius 2 is 1.19 bits per heavy atom. The van der Waals surface area contributed by atoms with E-state index in [4.69, 9.17) is 9.73 Å². The molecule has 0 bridgehead atoms. The Kier molecular flexibility index (Phi) is 6.41. The van der Waals surface area contributed by atoms with E-state index in [2.05, 4.69) is 183 Å². The number of nitrogens with zero attached hydrogens (tertiary/aromatic N) is 1. The van der Waals surface area contributed by atoms with Crippen molar-refractivity contribution < 1.29 is 4.74 Å². The lowest BCUT2D eigenvalue weighted by Crippen LogP contribution is -2.37. The molecule has 53 heavy (non-hydrogen) atoms. The molecule has 0 aromatic heterocycles. The Labute approximate surface area is 310 Å². The number of allylic oxidation sites excluding steroid dienone is 4. The minimum Gasteiger partial charge on any atom is -0.457 e. The van der Waals surface area contributed by atoms with Gasteiger partial charge in [0.1, 0.15) is 17.7 Å². The van der Waals surface area contributed by atoms with Crippen molar-refractivity contribution in [2.24, 2.45) is 10.9 Å². The highest BCUT2D eigenvalue weighted by Crippen LogP contribution is 2.62. The highest BCUT2D eigenvalue weighted by atomic mass is 16.5. The quantitative estimate of drug-likeness (QED) is 0.201. The van der Waals surface area contributed by atoms with Gasteiger partial charge in [-0.2, -0.15) is 0 Å². The lowest BCUT2D eigenvalue weighted by atomic mass is 9.66. The molecule has 0 radical (unpaired) electrons. The van der Waals surface area contributed by atoms with Crippen LogP contribution in [0.2, 0.25) is 0 Å². The fraction of sp³-hybridized carbons (Fsp3) is 0.140. The standard InChI is InChI=1S/C50H38N2O/c1-49(2)38-19-9-6-16-34(38)37-26-24-32(28-42(37)49)44-30-45(52-48(51-44)31-14-4-3-5-15-31)33-25-27-47-43(29-33)50(41-22-12-13-23-46(41)53-47)39-20-10-7-17-35(39)36-18-8-11-21-40(36)50/h3-14,16-31,48,52H,15H2,1-2H3. The molecule has 3 heteroatoms. The van der Waals surface area contributed by atoms with Crippen LogP contribution in [0, 0.1) is 5.92 Å². The van der Waals surface area contributed by atoms with Crippen molar-refractivity contribution >= 4 is 11.4 Å². The summed E-state index contributed by atoms with van der Waals surface area (Å²) in [5.74, 6) is 2.03. The molecule has 0 amide bonds. The zero-order valence-corrected chi connectivity index (χ0v) is 29.8. The van der Waals surface area contributed by atoms with Gasteiger partial charge in [-0.1, -0.05) is 141 Å². The molecule has 3 nitrogen and oxygen atoms in total. The molecular formula is C50H38N2O. The van der Waals surface area contributed by atoms with E-state index in [1.165, 1.54) is 50.1 Å². The molecule has 0 saturated heterocycles. The summed E-state index contributed by atoms with van der Waals surface area (Å²) in [5.41, 5.74) is 16.6. The molecule has 0 fully saturated rings. The Morgan fingerprint density at radius 1 is 0.585 bits per heavy atom. The molecular weight excluding hydrogens is 645 g/mol. The lowest BCUT2D eigenvalue weighted by Gasteiger charge is -2.39. The van der Waals surface area contributed by atoms with E-state index in [1.807, 2.05) is 0 Å². The highest BCUT2D eigenvalue weighted by Gasteiger charge is 2.51. The van der Waals surface area contributed by atoms with Crippen LogP contribution in [0.5, 0.6) is 11.5 Å². The van der Waals surface area contributed by atoms with Crippen LogP contribution < -0.4 is 10.1 Å². The van der Waals surface area contributed by atoms with Crippen molar-refractivity contribution in [3.63, 3.8) is 0 Å². The number of aliphatic imine (C=N–C) groups is 1. The van der Waals surface area contributed by atoms with E-state index in [0.717, 1.165) is 46.0 Å². The highest BCUT2D eigenvalue weighted by molar-refractivity contribution is 6.13. The van der Waals surface area contributed by atoms with E-state index in [9.17, 15) is 0 Å². The average molecular weight is 683 g/mol. The monoisotopic (exact) mass is 682 g/mol. The zero-order valence-electron chi connectivity index (χ0n) is 29.8. The maximum atomic E-state index is 6.75. The summed E-state index contributed by atoms with van der Waals surface area (Å²) in [6, 6.07) is 49.0. The van der Waals surface area contributed by atoms with Crippen LogP contribution >= 0.6 is 0 Å². The van der Waals surface area contributed by atoms with Crippen LogP contribution in [0.25, 0.3) is 28.0 Å². The SMILES string of the molecule is CC1(C)c2ccccc2-c2ccc(C3=NC(C4C=CC=CC4)NC(c4ccc5c(c4)C4(c6ccccc6O5)c5ccccc5-c5ccccc54)=C3)cc21. The van der Waals surface area contributed by atoms with Crippen LogP contribution in [0.1, 0.15) is 64.8 Å². The largest absolute Gasteiger partial charge is 0.457 e. The van der Waals surface area contributed by atoms with Crippen molar-refractivity contribution in [3.05, 3.63) is 208 Å². The van der Waals surface area contributed by atoms with Gasteiger partial charge in [-0.05, 0) is 92.9 Å². The van der Waals surface area contributed by atoms with Crippen molar-refractivity contribution in [2.45, 2.75) is 37.3 Å². The molecule has 2 atom stereocenters.